The lowest BCUT2D eigenvalue weighted by atomic mass is 10.1. The second-order valence-electron chi connectivity index (χ2n) is 7.76. The van der Waals surface area contributed by atoms with E-state index in [2.05, 4.69) is 5.32 Å². The van der Waals surface area contributed by atoms with Crippen LogP contribution in [0.3, 0.4) is 0 Å². The Bertz CT molecular complexity index is 1550. The summed E-state index contributed by atoms with van der Waals surface area (Å²) in [6, 6.07) is 8.03. The number of ether oxygens (including phenoxy) is 3. The van der Waals surface area contributed by atoms with Gasteiger partial charge in [0.15, 0.2) is 11.5 Å². The Morgan fingerprint density at radius 3 is 1.84 bits per heavy atom. The number of benzene rings is 2. The van der Waals surface area contributed by atoms with E-state index in [1.807, 2.05) is 0 Å². The van der Waals surface area contributed by atoms with E-state index in [1.165, 1.54) is 31.3 Å². The van der Waals surface area contributed by atoms with Crippen molar-refractivity contribution in [3.63, 3.8) is 0 Å². The summed E-state index contributed by atoms with van der Waals surface area (Å²) < 4.78 is 16.8. The summed E-state index contributed by atoms with van der Waals surface area (Å²) in [5.41, 5.74) is 3.97. The fourth-order valence-corrected chi connectivity index (χ4v) is 3.41. The number of nitrogens with one attached hydrogen (secondary N) is 1. The maximum absolute atomic E-state index is 13.2. The van der Waals surface area contributed by atoms with Crippen LogP contribution in [0.5, 0.6) is 17.2 Å². The Morgan fingerprint density at radius 1 is 0.868 bits per heavy atom. The van der Waals surface area contributed by atoms with Crippen molar-refractivity contribution in [2.24, 2.45) is 7.05 Å². The van der Waals surface area contributed by atoms with Crippen molar-refractivity contribution < 1.29 is 33.4 Å². The number of nitrogen functional groups attached to an aromatic ring is 1. The summed E-state index contributed by atoms with van der Waals surface area (Å²) in [5.74, 6) is -5.10. The Morgan fingerprint density at radius 2 is 1.37 bits per heavy atom. The molecule has 2 aromatic carbocycles. The molecule has 0 fully saturated rings. The molecule has 13 nitrogen and oxygen atoms in total. The molecule has 14 heteroatoms. The lowest BCUT2D eigenvalue weighted by molar-refractivity contribution is -0.135. The molecule has 0 saturated heterocycles. The van der Waals surface area contributed by atoms with Crippen LogP contribution < -0.4 is 36.5 Å². The molecule has 1 heterocycles. The first kappa shape index (κ1) is 27.7. The van der Waals surface area contributed by atoms with Gasteiger partial charge >= 0.3 is 23.6 Å². The first-order valence-corrected chi connectivity index (χ1v) is 11.1. The maximum atomic E-state index is 13.2. The highest BCUT2D eigenvalue weighted by molar-refractivity contribution is 6.30. The minimum absolute atomic E-state index is 0.267. The number of amides is 1. The molecule has 3 N–H and O–H groups in total. The molecule has 1 amide bonds. The quantitative estimate of drug-likeness (QED) is 0.343. The molecule has 3 aromatic rings. The smallest absolute Gasteiger partial charge is 0.337 e. The van der Waals surface area contributed by atoms with Gasteiger partial charge in [0.25, 0.3) is 11.5 Å². The molecular weight excluding hydrogens is 524 g/mol. The van der Waals surface area contributed by atoms with Gasteiger partial charge in [0.2, 0.25) is 5.75 Å². The van der Waals surface area contributed by atoms with E-state index in [0.717, 1.165) is 42.0 Å². The zero-order valence-electron chi connectivity index (χ0n) is 20.5. The maximum Gasteiger partial charge on any atom is 0.337 e. The Hall–Kier alpha value is -4.91. The van der Waals surface area contributed by atoms with Crippen LogP contribution in [0.15, 0.2) is 46.0 Å². The van der Waals surface area contributed by atoms with Crippen LogP contribution in [0.4, 0.5) is 11.5 Å². The number of aromatic nitrogens is 2. The molecule has 0 spiro atoms. The number of nitrogens with zero attached hydrogens (tertiary/aromatic N) is 2. The van der Waals surface area contributed by atoms with Gasteiger partial charge in [-0.1, -0.05) is 11.6 Å². The van der Waals surface area contributed by atoms with Gasteiger partial charge < -0.3 is 25.3 Å². The van der Waals surface area contributed by atoms with E-state index in [-0.39, 0.29) is 17.1 Å². The van der Waals surface area contributed by atoms with Gasteiger partial charge in [-0.15, -0.1) is 0 Å². The Balaban J connectivity index is 2.16. The van der Waals surface area contributed by atoms with Gasteiger partial charge in [-0.3, -0.25) is 28.5 Å². The Kier molecular flexibility index (Phi) is 8.01. The molecular formula is C24H21ClN4O9. The zero-order valence-corrected chi connectivity index (χ0v) is 21.2. The average molecular weight is 545 g/mol. The first-order chi connectivity index (χ1) is 17.8. The van der Waals surface area contributed by atoms with Crippen molar-refractivity contribution in [1.82, 2.24) is 9.13 Å². The Labute approximate surface area is 219 Å². The number of anilines is 2. The van der Waals surface area contributed by atoms with Crippen LogP contribution in [0.25, 0.3) is 5.69 Å². The van der Waals surface area contributed by atoms with E-state index in [1.54, 1.807) is 0 Å². The highest BCUT2D eigenvalue weighted by atomic mass is 35.5. The van der Waals surface area contributed by atoms with Crippen molar-refractivity contribution in [2.45, 2.75) is 20.8 Å². The van der Waals surface area contributed by atoms with Crippen LogP contribution in [0.1, 0.15) is 31.1 Å². The predicted octanol–water partition coefficient (Wildman–Crippen LogP) is 1.80. The third kappa shape index (κ3) is 5.90. The average Bonchev–Trinajstić information content (AvgIpc) is 2.82. The molecule has 3 rings (SSSR count). The summed E-state index contributed by atoms with van der Waals surface area (Å²) in [5, 5.41) is 2.73. The van der Waals surface area contributed by atoms with Gasteiger partial charge in [-0.05, 0) is 36.4 Å². The molecule has 0 aliphatic rings. The highest BCUT2D eigenvalue weighted by Gasteiger charge is 2.24. The third-order valence-corrected chi connectivity index (χ3v) is 5.11. The SMILES string of the molecule is CC(=O)Oc1cc(C(=O)Nc2c(N)n(-c3ccc(Cl)cc3)c(=O)n(C)c2=O)cc(OC(C)=O)c1OC(C)=O. The summed E-state index contributed by atoms with van der Waals surface area (Å²) >= 11 is 5.91. The lowest BCUT2D eigenvalue weighted by Gasteiger charge is -2.17. The largest absolute Gasteiger partial charge is 0.423 e. The normalized spacial score (nSPS) is 10.4. The molecule has 0 unspecified atom stereocenters. The fourth-order valence-electron chi connectivity index (χ4n) is 3.29. The van der Waals surface area contributed by atoms with Crippen molar-refractivity contribution >= 4 is 46.9 Å². The van der Waals surface area contributed by atoms with Gasteiger partial charge in [0.1, 0.15) is 11.5 Å². The summed E-state index contributed by atoms with van der Waals surface area (Å²) in [6.45, 7) is 3.17. The van der Waals surface area contributed by atoms with Crippen molar-refractivity contribution in [3.05, 3.63) is 67.8 Å². The molecule has 0 aliphatic heterocycles. The molecule has 0 aliphatic carbocycles. The van der Waals surface area contributed by atoms with Crippen LogP contribution in [-0.2, 0) is 21.4 Å². The monoisotopic (exact) mass is 544 g/mol. The van der Waals surface area contributed by atoms with Crippen molar-refractivity contribution in [3.8, 4) is 22.9 Å². The summed E-state index contributed by atoms with van der Waals surface area (Å²) in [6.07, 6.45) is 0. The second-order valence-corrected chi connectivity index (χ2v) is 8.19. The van der Waals surface area contributed by atoms with E-state index < -0.39 is 58.0 Å². The predicted molar refractivity (Wildman–Crippen MR) is 135 cm³/mol. The number of rotatable bonds is 6. The van der Waals surface area contributed by atoms with Gasteiger partial charge in [0, 0.05) is 38.4 Å². The second kappa shape index (κ2) is 11.0. The standard InChI is InChI=1S/C24H21ClN4O9/c1-11(30)36-17-9-14(10-18(37-12(2)31)20(17)38-13(3)32)22(33)27-19-21(26)29(24(35)28(4)23(19)34)16-7-5-15(25)6-8-16/h5-10H,26H2,1-4H3,(H,27,33). The number of hydrogen-bond donors (Lipinski definition) is 2. The molecule has 198 valence electrons. The third-order valence-electron chi connectivity index (χ3n) is 4.85. The topological polar surface area (TPSA) is 178 Å². The van der Waals surface area contributed by atoms with E-state index >= 15 is 0 Å². The van der Waals surface area contributed by atoms with Gasteiger partial charge in [0.05, 0.1) is 5.69 Å². The number of halogens is 1. The molecule has 0 bridgehead atoms. The summed E-state index contributed by atoms with van der Waals surface area (Å²) in [4.78, 5) is 73.7. The number of esters is 3. The van der Waals surface area contributed by atoms with Gasteiger partial charge in [-0.25, -0.2) is 9.36 Å². The lowest BCUT2D eigenvalue weighted by Crippen LogP contribution is -2.40. The molecule has 38 heavy (non-hydrogen) atoms. The van der Waals surface area contributed by atoms with Crippen molar-refractivity contribution in [1.29, 1.82) is 0 Å². The fraction of sp³-hybridized carbons (Fsp3) is 0.167. The van der Waals surface area contributed by atoms with E-state index in [4.69, 9.17) is 31.5 Å². The minimum atomic E-state index is -0.966. The first-order valence-electron chi connectivity index (χ1n) is 10.7. The van der Waals surface area contributed by atoms with Crippen LogP contribution in [0.2, 0.25) is 5.02 Å². The molecule has 0 saturated carbocycles. The van der Waals surface area contributed by atoms with E-state index in [9.17, 15) is 28.8 Å². The number of carbonyl (C=O) groups is 4. The highest BCUT2D eigenvalue weighted by Crippen LogP contribution is 2.39. The minimum Gasteiger partial charge on any atom is -0.423 e. The van der Waals surface area contributed by atoms with Crippen LogP contribution in [0, 0.1) is 0 Å². The number of hydrogen-bond acceptors (Lipinski definition) is 10. The molecule has 0 radical (unpaired) electrons. The van der Waals surface area contributed by atoms with Crippen molar-refractivity contribution in [2.75, 3.05) is 11.1 Å². The van der Waals surface area contributed by atoms with Crippen LogP contribution in [-0.4, -0.2) is 32.9 Å². The number of carbonyl (C=O) groups excluding carboxylic acids is 4. The van der Waals surface area contributed by atoms with E-state index in [0.29, 0.717) is 5.02 Å². The summed E-state index contributed by atoms with van der Waals surface area (Å²) in [7, 11) is 1.19. The zero-order chi connectivity index (χ0) is 28.3. The van der Waals surface area contributed by atoms with Crippen LogP contribution >= 0.6 is 11.6 Å². The van der Waals surface area contributed by atoms with Gasteiger partial charge in [-0.2, -0.15) is 0 Å². The molecule has 0 atom stereocenters. The molecule has 1 aromatic heterocycles. The number of nitrogens with two attached hydrogens (primary N) is 1.